The Labute approximate surface area is 81.3 Å². The van der Waals surface area contributed by atoms with E-state index in [1.54, 1.807) is 6.08 Å². The van der Waals surface area contributed by atoms with E-state index >= 15 is 0 Å². The Hall–Kier alpha value is -1.05. The van der Waals surface area contributed by atoms with E-state index in [1.165, 1.54) is 13.3 Å². The normalized spacial score (nSPS) is 9.69. The number of esters is 1. The zero-order chi connectivity index (χ0) is 10.7. The second-order valence-electron chi connectivity index (χ2n) is 2.56. The van der Waals surface area contributed by atoms with Crippen LogP contribution in [0, 0.1) is 0 Å². The molecule has 0 aromatic carbocycles. The van der Waals surface area contributed by atoms with Gasteiger partial charge < -0.3 is 4.74 Å². The molecule has 0 N–H and O–H groups in total. The van der Waals surface area contributed by atoms with Crippen LogP contribution in [-0.2, 0) is 9.53 Å². The highest BCUT2D eigenvalue weighted by molar-refractivity contribution is 5.66. The van der Waals surface area contributed by atoms with Crippen LogP contribution < -0.4 is 0 Å². The number of carbonyl (C=O) groups is 1. The summed E-state index contributed by atoms with van der Waals surface area (Å²) in [6.45, 7) is 11.4. The van der Waals surface area contributed by atoms with Crippen LogP contribution in [0.25, 0.3) is 0 Å². The number of allylic oxidation sites excluding steroid dienone is 1. The highest BCUT2D eigenvalue weighted by atomic mass is 16.5. The van der Waals surface area contributed by atoms with Crippen molar-refractivity contribution in [3.05, 3.63) is 24.3 Å². The summed E-state index contributed by atoms with van der Waals surface area (Å²) in [5.74, 6) is -0.263. The van der Waals surface area contributed by atoms with Crippen LogP contribution in [-0.4, -0.2) is 12.6 Å². The molecule has 0 fully saturated rings. The van der Waals surface area contributed by atoms with Crippen molar-refractivity contribution in [2.24, 2.45) is 0 Å². The molecule has 0 aromatic rings. The van der Waals surface area contributed by atoms with E-state index in [2.05, 4.69) is 20.4 Å². The number of rotatable bonds is 3. The Morgan fingerprint density at radius 3 is 2.15 bits per heavy atom. The summed E-state index contributed by atoms with van der Waals surface area (Å²) in [6, 6.07) is 0. The summed E-state index contributed by atoms with van der Waals surface area (Å²) in [5, 5.41) is 0. The van der Waals surface area contributed by atoms with Crippen molar-refractivity contribution in [2.45, 2.75) is 34.1 Å². The van der Waals surface area contributed by atoms with Gasteiger partial charge in [-0.25, -0.2) is 0 Å². The van der Waals surface area contributed by atoms with Gasteiger partial charge in [0.15, 0.2) is 0 Å². The van der Waals surface area contributed by atoms with E-state index in [-0.39, 0.29) is 5.97 Å². The Kier molecular flexibility index (Phi) is 12.2. The van der Waals surface area contributed by atoms with Crippen molar-refractivity contribution in [3.63, 3.8) is 0 Å². The van der Waals surface area contributed by atoms with Gasteiger partial charge in [0.05, 0.1) is 0 Å². The van der Waals surface area contributed by atoms with E-state index in [4.69, 9.17) is 4.74 Å². The van der Waals surface area contributed by atoms with E-state index in [0.29, 0.717) is 6.61 Å². The molecule has 0 heterocycles. The first-order valence-corrected chi connectivity index (χ1v) is 4.53. The molecule has 0 bridgehead atoms. The standard InChI is InChI=1S/C8H12O2.C3H8/c1-4-8(5-2)6-10-7(3)9;1-3-2/h4-5H,1,6H2,2-3H3;3H2,1-2H3/b8-5+;. The third kappa shape index (κ3) is 13.9. The number of hydrogen-bond acceptors (Lipinski definition) is 2. The molecule has 0 aliphatic rings. The zero-order valence-electron chi connectivity index (χ0n) is 9.09. The molecule has 0 aromatic heterocycles. The van der Waals surface area contributed by atoms with E-state index in [1.807, 2.05) is 13.0 Å². The predicted molar refractivity (Wildman–Crippen MR) is 56.6 cm³/mol. The third-order valence-electron chi connectivity index (χ3n) is 1.08. The van der Waals surface area contributed by atoms with Crippen molar-refractivity contribution in [1.82, 2.24) is 0 Å². The summed E-state index contributed by atoms with van der Waals surface area (Å²) in [7, 11) is 0. The summed E-state index contributed by atoms with van der Waals surface area (Å²) in [4.78, 5) is 10.3. The summed E-state index contributed by atoms with van der Waals surface area (Å²) >= 11 is 0. The molecular formula is C11H20O2. The molecule has 0 radical (unpaired) electrons. The highest BCUT2D eigenvalue weighted by Gasteiger charge is 1.92. The lowest BCUT2D eigenvalue weighted by Gasteiger charge is -2.00. The maximum atomic E-state index is 10.3. The van der Waals surface area contributed by atoms with Crippen LogP contribution in [0.15, 0.2) is 24.3 Å². The van der Waals surface area contributed by atoms with Crippen LogP contribution in [0.4, 0.5) is 0 Å². The molecule has 0 saturated heterocycles. The molecule has 2 heteroatoms. The average Bonchev–Trinajstić information content (AvgIpc) is 2.07. The lowest BCUT2D eigenvalue weighted by Crippen LogP contribution is -2.01. The van der Waals surface area contributed by atoms with Crippen molar-refractivity contribution in [2.75, 3.05) is 6.61 Å². The van der Waals surface area contributed by atoms with E-state index in [9.17, 15) is 4.79 Å². The minimum absolute atomic E-state index is 0.263. The highest BCUT2D eigenvalue weighted by Crippen LogP contribution is 1.95. The second-order valence-corrected chi connectivity index (χ2v) is 2.56. The van der Waals surface area contributed by atoms with Gasteiger partial charge in [-0.15, -0.1) is 0 Å². The van der Waals surface area contributed by atoms with Crippen LogP contribution in [0.3, 0.4) is 0 Å². The first kappa shape index (κ1) is 14.5. The average molecular weight is 184 g/mol. The molecule has 0 atom stereocenters. The SMILES string of the molecule is C=C/C(=C\C)COC(C)=O.CCC. The largest absolute Gasteiger partial charge is 0.461 e. The first-order chi connectivity index (χ1) is 6.12. The van der Waals surface area contributed by atoms with Gasteiger partial charge in [-0.2, -0.15) is 0 Å². The van der Waals surface area contributed by atoms with Crippen LogP contribution in [0.2, 0.25) is 0 Å². The molecule has 76 valence electrons. The fourth-order valence-electron chi connectivity index (χ4n) is 0.445. The second kappa shape index (κ2) is 11.0. The van der Waals surface area contributed by atoms with Crippen molar-refractivity contribution >= 4 is 5.97 Å². The topological polar surface area (TPSA) is 26.3 Å². The van der Waals surface area contributed by atoms with Crippen molar-refractivity contribution < 1.29 is 9.53 Å². The van der Waals surface area contributed by atoms with Gasteiger partial charge in [0, 0.05) is 6.92 Å². The fourth-order valence-corrected chi connectivity index (χ4v) is 0.445. The number of hydrogen-bond donors (Lipinski definition) is 0. The zero-order valence-corrected chi connectivity index (χ0v) is 9.09. The monoisotopic (exact) mass is 184 g/mol. The lowest BCUT2D eigenvalue weighted by atomic mass is 10.3. The predicted octanol–water partition coefficient (Wildman–Crippen LogP) is 3.10. The summed E-state index contributed by atoms with van der Waals surface area (Å²) in [6.07, 6.45) is 4.78. The van der Waals surface area contributed by atoms with Crippen LogP contribution in [0.1, 0.15) is 34.1 Å². The van der Waals surface area contributed by atoms with Gasteiger partial charge in [0.1, 0.15) is 6.61 Å². The Morgan fingerprint density at radius 1 is 1.46 bits per heavy atom. The maximum Gasteiger partial charge on any atom is 0.302 e. The van der Waals surface area contributed by atoms with Gasteiger partial charge >= 0.3 is 5.97 Å². The quantitative estimate of drug-likeness (QED) is 0.497. The van der Waals surface area contributed by atoms with E-state index in [0.717, 1.165) is 5.57 Å². The Morgan fingerprint density at radius 2 is 1.92 bits per heavy atom. The van der Waals surface area contributed by atoms with Gasteiger partial charge in [-0.3, -0.25) is 4.79 Å². The van der Waals surface area contributed by atoms with Crippen LogP contribution >= 0.6 is 0 Å². The fraction of sp³-hybridized carbons (Fsp3) is 0.545. The van der Waals surface area contributed by atoms with Crippen molar-refractivity contribution in [3.8, 4) is 0 Å². The number of ether oxygens (including phenoxy) is 1. The summed E-state index contributed by atoms with van der Waals surface area (Å²) in [5.41, 5.74) is 0.926. The van der Waals surface area contributed by atoms with Crippen LogP contribution in [0.5, 0.6) is 0 Å². The summed E-state index contributed by atoms with van der Waals surface area (Å²) < 4.78 is 4.71. The smallest absolute Gasteiger partial charge is 0.302 e. The molecule has 13 heavy (non-hydrogen) atoms. The molecule has 0 rings (SSSR count). The number of carbonyl (C=O) groups excluding carboxylic acids is 1. The van der Waals surface area contributed by atoms with Gasteiger partial charge in [-0.1, -0.05) is 39.0 Å². The van der Waals surface area contributed by atoms with Gasteiger partial charge in [0.25, 0.3) is 0 Å². The molecule has 0 saturated carbocycles. The molecule has 0 aliphatic heterocycles. The maximum absolute atomic E-state index is 10.3. The Bertz CT molecular complexity index is 169. The van der Waals surface area contributed by atoms with Gasteiger partial charge in [0.2, 0.25) is 0 Å². The Balaban J connectivity index is 0. The van der Waals surface area contributed by atoms with E-state index < -0.39 is 0 Å². The first-order valence-electron chi connectivity index (χ1n) is 4.53. The molecule has 2 nitrogen and oxygen atoms in total. The molecule has 0 unspecified atom stereocenters. The third-order valence-corrected chi connectivity index (χ3v) is 1.08. The van der Waals surface area contributed by atoms with Crippen molar-refractivity contribution in [1.29, 1.82) is 0 Å². The molecule has 0 aliphatic carbocycles. The minimum Gasteiger partial charge on any atom is -0.461 e. The molecular weight excluding hydrogens is 164 g/mol. The lowest BCUT2D eigenvalue weighted by molar-refractivity contribution is -0.139. The molecule has 0 spiro atoms. The minimum atomic E-state index is -0.263. The van der Waals surface area contributed by atoms with Gasteiger partial charge in [-0.05, 0) is 12.5 Å². The molecule has 0 amide bonds.